The van der Waals surface area contributed by atoms with E-state index in [1.54, 1.807) is 33.3 Å². The van der Waals surface area contributed by atoms with Crippen LogP contribution in [0.2, 0.25) is 0 Å². The molecule has 7 aliphatic rings. The summed E-state index contributed by atoms with van der Waals surface area (Å²) in [5.41, 5.74) is 0.234. The van der Waals surface area contributed by atoms with Crippen LogP contribution in [-0.4, -0.2) is 141 Å². The topological polar surface area (TPSA) is 162 Å². The highest BCUT2D eigenvalue weighted by Gasteiger charge is 2.60. The maximum Gasteiger partial charge on any atom is 0.316 e. The van der Waals surface area contributed by atoms with Crippen LogP contribution in [0.25, 0.3) is 0 Å². The summed E-state index contributed by atoms with van der Waals surface area (Å²) in [6.45, 7) is 16.6. The fourth-order valence-electron chi connectivity index (χ4n) is 11.4. The van der Waals surface area contributed by atoms with Crippen molar-refractivity contribution in [2.24, 2.45) is 23.7 Å². The molecule has 1 spiro atoms. The summed E-state index contributed by atoms with van der Waals surface area (Å²) in [5, 5.41) is 27.1. The fourth-order valence-corrected chi connectivity index (χ4v) is 11.4. The molecule has 0 saturated carbocycles. The first-order chi connectivity index (χ1) is 30.0. The molecule has 3 N–H and O–H groups in total. The standard InChI is InChI=1S/C49H77NO13/c1-12-26(2)44-29(5)18-19-48(63-44)24-35-21-34(62-48)17-16-28(4)43(27(3)14-13-15-33-25-56-46-42(51)30(6)20-36(47(52)59-35)49(33,46)53)60-40-23-38(55-11)45(32(8)58-40)61-39-22-37(54-10)41(50-9)31(7)57-39/h13-16,20,26-27,29,31-32,34-46,50-51,53H,12,17-19,21-25H2,1-11H3/b14-13+,28-16+,33-15+/t26-,27-,29-,31-,32-,34+,35-,36-,37-,38-,39-,40-,41+,42+,43-,44+,45-,46+,48+,49+/m0/s1. The van der Waals surface area contributed by atoms with Crippen molar-refractivity contribution in [2.45, 2.75) is 204 Å². The third kappa shape index (κ3) is 10.1. The number of hydrogen-bond donors (Lipinski definition) is 3. The number of carbonyl (C=O) groups excluding carboxylic acids is 1. The van der Waals surface area contributed by atoms with E-state index in [9.17, 15) is 15.0 Å². The summed E-state index contributed by atoms with van der Waals surface area (Å²) in [4.78, 5) is 14.4. The van der Waals surface area contributed by atoms with Gasteiger partial charge in [0.25, 0.3) is 0 Å². The molecule has 1 aliphatic carbocycles. The van der Waals surface area contributed by atoms with Gasteiger partial charge in [-0.15, -0.1) is 0 Å². The van der Waals surface area contributed by atoms with Crippen molar-refractivity contribution in [3.8, 4) is 0 Å². The number of allylic oxidation sites excluding steroid dienone is 2. The van der Waals surface area contributed by atoms with Gasteiger partial charge in [-0.1, -0.05) is 64.5 Å². The molecular weight excluding hydrogens is 811 g/mol. The molecule has 0 radical (unpaired) electrons. The van der Waals surface area contributed by atoms with Crippen molar-refractivity contribution >= 4 is 5.97 Å². The van der Waals surface area contributed by atoms with E-state index in [1.807, 2.05) is 33.0 Å². The van der Waals surface area contributed by atoms with Crippen LogP contribution >= 0.6 is 0 Å². The first-order valence-corrected chi connectivity index (χ1v) is 23.7. The monoisotopic (exact) mass is 888 g/mol. The molecule has 5 fully saturated rings. The van der Waals surface area contributed by atoms with Gasteiger partial charge >= 0.3 is 5.97 Å². The molecule has 356 valence electrons. The van der Waals surface area contributed by atoms with Crippen molar-refractivity contribution < 1.29 is 62.4 Å². The van der Waals surface area contributed by atoms with Gasteiger partial charge in [-0.2, -0.15) is 0 Å². The van der Waals surface area contributed by atoms with E-state index in [4.69, 9.17) is 47.4 Å². The van der Waals surface area contributed by atoms with E-state index in [0.717, 1.165) is 18.4 Å². The predicted molar refractivity (Wildman–Crippen MR) is 234 cm³/mol. The van der Waals surface area contributed by atoms with Crippen LogP contribution in [0.4, 0.5) is 0 Å². The lowest BCUT2D eigenvalue weighted by atomic mass is 9.71. The fraction of sp³-hybridized carbons (Fsp3) is 0.816. The molecule has 14 heteroatoms. The summed E-state index contributed by atoms with van der Waals surface area (Å²) in [5.74, 6) is -2.04. The second-order valence-corrected chi connectivity index (χ2v) is 19.7. The zero-order valence-electron chi connectivity index (χ0n) is 39.5. The molecular formula is C49H77NO13. The average molecular weight is 888 g/mol. The number of fused-ring (bicyclic) bond motifs is 2. The number of carbonyl (C=O) groups is 1. The van der Waals surface area contributed by atoms with Gasteiger partial charge in [0.05, 0.1) is 55.4 Å². The lowest BCUT2D eigenvalue weighted by Crippen LogP contribution is -2.58. The third-order valence-corrected chi connectivity index (χ3v) is 15.3. The van der Waals surface area contributed by atoms with Gasteiger partial charge in [0.1, 0.15) is 35.9 Å². The van der Waals surface area contributed by atoms with Crippen molar-refractivity contribution in [1.29, 1.82) is 0 Å². The van der Waals surface area contributed by atoms with Gasteiger partial charge < -0.3 is 62.9 Å². The van der Waals surface area contributed by atoms with E-state index in [2.05, 4.69) is 46.0 Å². The van der Waals surface area contributed by atoms with Gasteiger partial charge in [0.15, 0.2) is 18.4 Å². The lowest BCUT2D eigenvalue weighted by molar-refractivity contribution is -0.340. The van der Waals surface area contributed by atoms with Crippen molar-refractivity contribution in [2.75, 3.05) is 27.9 Å². The third-order valence-electron chi connectivity index (χ3n) is 15.3. The second-order valence-electron chi connectivity index (χ2n) is 19.7. The van der Waals surface area contributed by atoms with Crippen molar-refractivity contribution in [3.63, 3.8) is 0 Å². The molecule has 63 heavy (non-hydrogen) atoms. The highest BCUT2D eigenvalue weighted by molar-refractivity contribution is 5.78. The minimum Gasteiger partial charge on any atom is -0.462 e. The number of rotatable bonds is 9. The molecule has 2 bridgehead atoms. The minimum absolute atomic E-state index is 0.000161. The van der Waals surface area contributed by atoms with Gasteiger partial charge in [-0.3, -0.25) is 4.79 Å². The van der Waals surface area contributed by atoms with Gasteiger partial charge in [-0.25, -0.2) is 0 Å². The van der Waals surface area contributed by atoms with E-state index < -0.39 is 66.4 Å². The summed E-state index contributed by atoms with van der Waals surface area (Å²) in [7, 11) is 5.31. The molecule has 7 rings (SSSR count). The SMILES string of the molecule is CC[C@H](C)[C@H]1O[C@]2(CC[C@@H]1C)C[C@@H]1C[C@@H](C/C=C(\C)[C@@H](O[C@H]3C[C@H](OC)[C@@H](O[C@H]4C[C@H](OC)[C@H](NC)[C@H](C)O4)[C@H](C)O3)[C@@H](C)/C=C/C=C3\CO[C@@H]4[C@H](O)C(C)=C[C@@H](C(=O)O1)[C@]34O)O2. The Hall–Kier alpha value is -2.05. The number of ether oxygens (including phenoxy) is 10. The number of aliphatic hydroxyl groups excluding tert-OH is 1. The second kappa shape index (κ2) is 20.4. The van der Waals surface area contributed by atoms with Crippen LogP contribution in [0.1, 0.15) is 107 Å². The zero-order valence-corrected chi connectivity index (χ0v) is 39.5. The number of nitrogens with one attached hydrogen (secondary N) is 1. The normalized spacial score (nSPS) is 48.8. The number of hydrogen-bond acceptors (Lipinski definition) is 14. The van der Waals surface area contributed by atoms with Gasteiger partial charge in [0, 0.05) is 52.2 Å². The molecule has 0 unspecified atom stereocenters. The van der Waals surface area contributed by atoms with Crippen LogP contribution in [-0.2, 0) is 52.2 Å². The smallest absolute Gasteiger partial charge is 0.316 e. The molecule has 5 saturated heterocycles. The largest absolute Gasteiger partial charge is 0.462 e. The lowest BCUT2D eigenvalue weighted by Gasteiger charge is -2.51. The molecule has 0 aromatic rings. The van der Waals surface area contributed by atoms with Gasteiger partial charge in [0.2, 0.25) is 0 Å². The van der Waals surface area contributed by atoms with Crippen LogP contribution in [0, 0.1) is 23.7 Å². The van der Waals surface area contributed by atoms with Crippen molar-refractivity contribution in [3.05, 3.63) is 47.1 Å². The summed E-state index contributed by atoms with van der Waals surface area (Å²) in [6, 6.07) is 0.0472. The Bertz CT molecular complexity index is 1700. The van der Waals surface area contributed by atoms with Crippen LogP contribution in [0.5, 0.6) is 0 Å². The number of aliphatic hydroxyl groups is 2. The number of likely N-dealkylation sites (N-methyl/N-ethyl adjacent to an activating group) is 1. The molecule has 20 atom stereocenters. The Morgan fingerprint density at radius 2 is 1.67 bits per heavy atom. The quantitative estimate of drug-likeness (QED) is 0.187. The van der Waals surface area contributed by atoms with Crippen LogP contribution < -0.4 is 5.32 Å². The summed E-state index contributed by atoms with van der Waals surface area (Å²) < 4.78 is 64.8. The Kier molecular flexibility index (Phi) is 15.9. The number of methoxy groups -OCH3 is 2. The van der Waals surface area contributed by atoms with Crippen LogP contribution in [0.15, 0.2) is 47.1 Å². The molecule has 0 aromatic carbocycles. The molecule has 6 heterocycles. The highest BCUT2D eigenvalue weighted by Crippen LogP contribution is 2.48. The summed E-state index contributed by atoms with van der Waals surface area (Å²) >= 11 is 0. The van der Waals surface area contributed by atoms with Crippen molar-refractivity contribution in [1.82, 2.24) is 5.32 Å². The first kappa shape index (κ1) is 48.9. The Balaban J connectivity index is 1.17. The Labute approximate surface area is 375 Å². The van der Waals surface area contributed by atoms with Crippen LogP contribution in [0.3, 0.4) is 0 Å². The van der Waals surface area contributed by atoms with Gasteiger partial charge in [-0.05, 0) is 76.1 Å². The number of esters is 1. The van der Waals surface area contributed by atoms with E-state index in [-0.39, 0.29) is 55.2 Å². The summed E-state index contributed by atoms with van der Waals surface area (Å²) in [6.07, 6.45) is 8.72. The molecule has 14 nitrogen and oxygen atoms in total. The highest BCUT2D eigenvalue weighted by atomic mass is 16.7. The predicted octanol–water partition coefficient (Wildman–Crippen LogP) is 5.83. The van der Waals surface area contributed by atoms with E-state index in [1.165, 1.54) is 0 Å². The molecule has 6 aliphatic heterocycles. The Morgan fingerprint density at radius 3 is 2.38 bits per heavy atom. The zero-order chi connectivity index (χ0) is 45.4. The maximum absolute atomic E-state index is 14.4. The van der Waals surface area contributed by atoms with E-state index in [0.29, 0.717) is 61.5 Å². The Morgan fingerprint density at radius 1 is 0.952 bits per heavy atom. The first-order valence-electron chi connectivity index (χ1n) is 23.7. The molecule has 0 aromatic heterocycles. The molecule has 0 amide bonds. The maximum atomic E-state index is 14.4. The minimum atomic E-state index is -1.81. The van der Waals surface area contributed by atoms with E-state index >= 15 is 0 Å². The average Bonchev–Trinajstić information content (AvgIpc) is 3.60.